The van der Waals surface area contributed by atoms with E-state index in [1.54, 1.807) is 44.5 Å². The van der Waals surface area contributed by atoms with Gasteiger partial charge in [-0.25, -0.2) is 0 Å². The molecule has 2 N–H and O–H groups in total. The van der Waals surface area contributed by atoms with Crippen molar-refractivity contribution in [1.29, 1.82) is 0 Å². The summed E-state index contributed by atoms with van der Waals surface area (Å²) in [6, 6.07) is 8.56. The van der Waals surface area contributed by atoms with Crippen LogP contribution < -0.4 is 15.4 Å². The highest BCUT2D eigenvalue weighted by Crippen LogP contribution is 2.16. The smallest absolute Gasteiger partial charge is 0.269 e. The van der Waals surface area contributed by atoms with Gasteiger partial charge in [0.2, 0.25) is 5.91 Å². The molecule has 1 aromatic heterocycles. The van der Waals surface area contributed by atoms with Gasteiger partial charge in [0.15, 0.2) is 0 Å². The zero-order chi connectivity index (χ0) is 15.2. The van der Waals surface area contributed by atoms with Crippen molar-refractivity contribution in [2.45, 2.75) is 0 Å². The molecule has 1 heterocycles. The highest BCUT2D eigenvalue weighted by atomic mass is 16.5. The Morgan fingerprint density at radius 1 is 1.33 bits per heavy atom. The molecule has 2 amide bonds. The number of carbonyl (C=O) groups excluding carboxylic acids is 2. The number of aromatic nitrogens is 2. The maximum Gasteiger partial charge on any atom is 0.269 e. The number of ether oxygens (including phenoxy) is 1. The van der Waals surface area contributed by atoms with Crippen molar-refractivity contribution < 1.29 is 14.3 Å². The second-order valence-electron chi connectivity index (χ2n) is 4.30. The normalized spacial score (nSPS) is 10.0. The number of hydrogen-bond acceptors (Lipinski definition) is 4. The summed E-state index contributed by atoms with van der Waals surface area (Å²) in [5, 5.41) is 9.10. The van der Waals surface area contributed by atoms with Gasteiger partial charge in [-0.3, -0.25) is 14.3 Å². The second-order valence-corrected chi connectivity index (χ2v) is 4.30. The average molecular weight is 288 g/mol. The van der Waals surface area contributed by atoms with Crippen molar-refractivity contribution in [3.05, 3.63) is 42.2 Å². The van der Waals surface area contributed by atoms with Crippen LogP contribution in [0, 0.1) is 0 Å². The van der Waals surface area contributed by atoms with Crippen LogP contribution in [0.2, 0.25) is 0 Å². The summed E-state index contributed by atoms with van der Waals surface area (Å²) in [7, 11) is 3.21. The van der Waals surface area contributed by atoms with E-state index in [1.165, 1.54) is 10.9 Å². The molecule has 0 unspecified atom stereocenters. The molecule has 0 saturated carbocycles. The highest BCUT2D eigenvalue weighted by Gasteiger charge is 2.11. The van der Waals surface area contributed by atoms with Crippen molar-refractivity contribution in [2.24, 2.45) is 7.05 Å². The van der Waals surface area contributed by atoms with E-state index in [0.29, 0.717) is 17.1 Å². The van der Waals surface area contributed by atoms with Gasteiger partial charge >= 0.3 is 0 Å². The Labute approximate surface area is 121 Å². The molecule has 0 saturated heterocycles. The zero-order valence-electron chi connectivity index (χ0n) is 11.8. The maximum absolute atomic E-state index is 11.8. The van der Waals surface area contributed by atoms with Gasteiger partial charge in [-0.1, -0.05) is 6.07 Å². The molecule has 21 heavy (non-hydrogen) atoms. The molecule has 0 aliphatic carbocycles. The van der Waals surface area contributed by atoms with E-state index >= 15 is 0 Å². The largest absolute Gasteiger partial charge is 0.497 e. The number of hydrogen-bond donors (Lipinski definition) is 2. The Balaban J connectivity index is 1.87. The summed E-state index contributed by atoms with van der Waals surface area (Å²) >= 11 is 0. The van der Waals surface area contributed by atoms with Gasteiger partial charge in [0.1, 0.15) is 11.4 Å². The molecule has 0 aliphatic rings. The lowest BCUT2D eigenvalue weighted by atomic mass is 10.3. The Morgan fingerprint density at radius 3 is 2.81 bits per heavy atom. The third kappa shape index (κ3) is 3.82. The Morgan fingerprint density at radius 2 is 2.14 bits per heavy atom. The third-order valence-electron chi connectivity index (χ3n) is 2.82. The van der Waals surface area contributed by atoms with Gasteiger partial charge in [-0.05, 0) is 18.2 Å². The average Bonchev–Trinajstić information content (AvgIpc) is 2.91. The fraction of sp³-hybridized carbons (Fsp3) is 0.214. The van der Waals surface area contributed by atoms with Crippen LogP contribution in [0.4, 0.5) is 5.69 Å². The number of carbonyl (C=O) groups is 2. The third-order valence-corrected chi connectivity index (χ3v) is 2.82. The Bertz CT molecular complexity index is 651. The van der Waals surface area contributed by atoms with E-state index < -0.39 is 0 Å². The fourth-order valence-corrected chi connectivity index (χ4v) is 1.75. The first-order valence-corrected chi connectivity index (χ1v) is 6.30. The molecule has 0 fully saturated rings. The first-order chi connectivity index (χ1) is 10.1. The molecular formula is C14H16N4O3. The summed E-state index contributed by atoms with van der Waals surface area (Å²) in [4.78, 5) is 23.6. The van der Waals surface area contributed by atoms with Crippen LogP contribution in [0.1, 0.15) is 10.5 Å². The van der Waals surface area contributed by atoms with Gasteiger partial charge < -0.3 is 15.4 Å². The van der Waals surface area contributed by atoms with Crippen LogP contribution in [0.15, 0.2) is 36.5 Å². The van der Waals surface area contributed by atoms with Crippen molar-refractivity contribution in [2.75, 3.05) is 19.0 Å². The van der Waals surface area contributed by atoms with Gasteiger partial charge in [0.25, 0.3) is 5.91 Å². The standard InChI is InChI=1S/C14H16N4O3/c1-18-12(6-7-16-18)14(20)15-9-13(19)17-10-4-3-5-11(8-10)21-2/h3-8H,9H2,1-2H3,(H,15,20)(H,17,19). The topological polar surface area (TPSA) is 85.2 Å². The summed E-state index contributed by atoms with van der Waals surface area (Å²) in [6.45, 7) is -0.124. The maximum atomic E-state index is 11.8. The predicted octanol–water partition coefficient (Wildman–Crippen LogP) is 0.797. The number of nitrogens with one attached hydrogen (secondary N) is 2. The van der Waals surface area contributed by atoms with Crippen molar-refractivity contribution in [3.8, 4) is 5.75 Å². The second kappa shape index (κ2) is 6.56. The minimum atomic E-state index is -0.351. The molecular weight excluding hydrogens is 272 g/mol. The van der Waals surface area contributed by atoms with Gasteiger partial charge in [0, 0.05) is 25.0 Å². The van der Waals surface area contributed by atoms with E-state index in [1.807, 2.05) is 0 Å². The number of methoxy groups -OCH3 is 1. The van der Waals surface area contributed by atoms with Crippen LogP contribution in [0.25, 0.3) is 0 Å². The van der Waals surface area contributed by atoms with Crippen LogP contribution in [-0.4, -0.2) is 35.2 Å². The number of benzene rings is 1. The number of amides is 2. The van der Waals surface area contributed by atoms with Gasteiger partial charge in [-0.2, -0.15) is 5.10 Å². The van der Waals surface area contributed by atoms with E-state index in [-0.39, 0.29) is 18.4 Å². The molecule has 0 atom stereocenters. The minimum Gasteiger partial charge on any atom is -0.497 e. The zero-order valence-corrected chi connectivity index (χ0v) is 11.8. The molecule has 0 spiro atoms. The number of anilines is 1. The first-order valence-electron chi connectivity index (χ1n) is 6.30. The number of rotatable bonds is 5. The molecule has 7 nitrogen and oxygen atoms in total. The molecule has 1 aromatic carbocycles. The van der Waals surface area contributed by atoms with Crippen molar-refractivity contribution in [1.82, 2.24) is 15.1 Å². The van der Waals surface area contributed by atoms with Crippen LogP contribution >= 0.6 is 0 Å². The fourth-order valence-electron chi connectivity index (χ4n) is 1.75. The van der Waals surface area contributed by atoms with Crippen molar-refractivity contribution in [3.63, 3.8) is 0 Å². The molecule has 7 heteroatoms. The molecule has 2 rings (SSSR count). The number of aryl methyl sites for hydroxylation is 1. The van der Waals surface area contributed by atoms with E-state index in [0.717, 1.165) is 0 Å². The van der Waals surface area contributed by atoms with Crippen LogP contribution in [0.5, 0.6) is 5.75 Å². The molecule has 0 radical (unpaired) electrons. The van der Waals surface area contributed by atoms with E-state index in [2.05, 4.69) is 15.7 Å². The summed E-state index contributed by atoms with van der Waals surface area (Å²) in [5.74, 6) is -0.0266. The van der Waals surface area contributed by atoms with Gasteiger partial charge in [0.05, 0.1) is 13.7 Å². The lowest BCUT2D eigenvalue weighted by molar-refractivity contribution is -0.115. The summed E-state index contributed by atoms with van der Waals surface area (Å²) in [6.07, 6.45) is 1.52. The SMILES string of the molecule is COc1cccc(NC(=O)CNC(=O)c2ccnn2C)c1. The Kier molecular flexibility index (Phi) is 4.55. The lowest BCUT2D eigenvalue weighted by Crippen LogP contribution is -2.33. The summed E-state index contributed by atoms with van der Waals surface area (Å²) < 4.78 is 6.51. The molecule has 0 bridgehead atoms. The molecule has 110 valence electrons. The summed E-state index contributed by atoms with van der Waals surface area (Å²) in [5.41, 5.74) is 0.998. The van der Waals surface area contributed by atoms with E-state index in [4.69, 9.17) is 4.74 Å². The lowest BCUT2D eigenvalue weighted by Gasteiger charge is -2.08. The monoisotopic (exact) mass is 288 g/mol. The molecule has 0 aliphatic heterocycles. The number of nitrogens with zero attached hydrogens (tertiary/aromatic N) is 2. The highest BCUT2D eigenvalue weighted by molar-refractivity contribution is 5.98. The van der Waals surface area contributed by atoms with Crippen LogP contribution in [-0.2, 0) is 11.8 Å². The minimum absolute atomic E-state index is 0.124. The predicted molar refractivity (Wildman–Crippen MR) is 77.2 cm³/mol. The molecule has 2 aromatic rings. The quantitative estimate of drug-likeness (QED) is 0.852. The van der Waals surface area contributed by atoms with E-state index in [9.17, 15) is 9.59 Å². The van der Waals surface area contributed by atoms with Crippen LogP contribution in [0.3, 0.4) is 0 Å². The Hall–Kier alpha value is -2.83. The van der Waals surface area contributed by atoms with Crippen molar-refractivity contribution >= 4 is 17.5 Å². The van der Waals surface area contributed by atoms with Gasteiger partial charge in [-0.15, -0.1) is 0 Å². The first kappa shape index (κ1) is 14.6.